The number of rotatable bonds is 10. The second kappa shape index (κ2) is 13.3. The average molecular weight is 236 g/mol. The minimum atomic E-state index is 0.129. The van der Waals surface area contributed by atoms with Gasteiger partial charge in [0.25, 0.3) is 0 Å². The predicted molar refractivity (Wildman–Crippen MR) is 74.9 cm³/mol. The van der Waals surface area contributed by atoms with Crippen LogP contribution in [0.1, 0.15) is 84.5 Å². The van der Waals surface area contributed by atoms with Crippen molar-refractivity contribution in [2.75, 3.05) is 0 Å². The van der Waals surface area contributed by atoms with Crippen LogP contribution in [0.4, 0.5) is 0 Å². The molecule has 0 radical (unpaired) electrons. The van der Waals surface area contributed by atoms with Crippen molar-refractivity contribution in [3.8, 4) is 11.8 Å². The normalized spacial score (nSPS) is 9.76. The Labute approximate surface area is 107 Å². The van der Waals surface area contributed by atoms with Crippen LogP contribution in [0.2, 0.25) is 0 Å². The third-order valence-corrected chi connectivity index (χ3v) is 2.89. The Hall–Kier alpha value is -0.770. The maximum Gasteiger partial charge on any atom is 0.205 e. The fraction of sp³-hybridized carbons (Fsp3) is 0.812. The average Bonchev–Trinajstić information content (AvgIpc) is 2.33. The Balaban J connectivity index is 3.32. The number of ketones is 1. The van der Waals surface area contributed by atoms with Crippen LogP contribution in [0.5, 0.6) is 0 Å². The van der Waals surface area contributed by atoms with Crippen molar-refractivity contribution >= 4 is 5.78 Å². The third kappa shape index (κ3) is 13.2. The summed E-state index contributed by atoms with van der Waals surface area (Å²) in [7, 11) is 0. The van der Waals surface area contributed by atoms with E-state index in [1.807, 2.05) is 0 Å². The van der Waals surface area contributed by atoms with Gasteiger partial charge < -0.3 is 0 Å². The van der Waals surface area contributed by atoms with Crippen molar-refractivity contribution in [2.24, 2.45) is 0 Å². The maximum atomic E-state index is 11.3. The van der Waals surface area contributed by atoms with Gasteiger partial charge in [0, 0.05) is 12.8 Å². The zero-order valence-corrected chi connectivity index (χ0v) is 11.7. The molecule has 0 bridgehead atoms. The first-order chi connectivity index (χ1) is 8.31. The summed E-state index contributed by atoms with van der Waals surface area (Å²) in [6.07, 6.45) is 12.6. The Morgan fingerprint density at radius 3 is 2.12 bits per heavy atom. The Morgan fingerprint density at radius 1 is 0.824 bits per heavy atom. The molecule has 0 aromatic rings. The molecule has 0 saturated carbocycles. The molecule has 0 spiro atoms. The summed E-state index contributed by atoms with van der Waals surface area (Å²) >= 11 is 0. The summed E-state index contributed by atoms with van der Waals surface area (Å²) in [6.45, 7) is 4.38. The summed E-state index contributed by atoms with van der Waals surface area (Å²) in [6, 6.07) is 0. The van der Waals surface area contributed by atoms with Crippen LogP contribution in [-0.2, 0) is 4.79 Å². The quantitative estimate of drug-likeness (QED) is 0.300. The summed E-state index contributed by atoms with van der Waals surface area (Å²) in [5, 5.41) is 0. The highest BCUT2D eigenvalue weighted by atomic mass is 16.1. The van der Waals surface area contributed by atoms with Crippen LogP contribution < -0.4 is 0 Å². The van der Waals surface area contributed by atoms with Crippen LogP contribution in [-0.4, -0.2) is 5.78 Å². The lowest BCUT2D eigenvalue weighted by molar-refractivity contribution is -0.113. The first kappa shape index (κ1) is 16.2. The van der Waals surface area contributed by atoms with E-state index in [-0.39, 0.29) is 5.78 Å². The third-order valence-electron chi connectivity index (χ3n) is 2.89. The molecule has 0 N–H and O–H groups in total. The standard InChI is InChI=1S/C16H28O/c1-3-5-7-8-9-10-11-13-15-16(17)14-12-6-4-2/h3-12,14H2,1-2H3. The molecule has 0 aromatic heterocycles. The van der Waals surface area contributed by atoms with E-state index in [0.29, 0.717) is 6.42 Å². The first-order valence-corrected chi connectivity index (χ1v) is 7.33. The highest BCUT2D eigenvalue weighted by Gasteiger charge is 1.95. The molecular weight excluding hydrogens is 208 g/mol. The van der Waals surface area contributed by atoms with E-state index in [2.05, 4.69) is 25.7 Å². The van der Waals surface area contributed by atoms with Crippen molar-refractivity contribution in [1.29, 1.82) is 0 Å². The van der Waals surface area contributed by atoms with Gasteiger partial charge in [0.1, 0.15) is 0 Å². The van der Waals surface area contributed by atoms with E-state index < -0.39 is 0 Å². The summed E-state index contributed by atoms with van der Waals surface area (Å²) in [5.41, 5.74) is 0. The Morgan fingerprint density at radius 2 is 1.41 bits per heavy atom. The number of unbranched alkanes of at least 4 members (excludes halogenated alkanes) is 8. The Bertz CT molecular complexity index is 232. The van der Waals surface area contributed by atoms with Gasteiger partial charge in [-0.05, 0) is 18.8 Å². The van der Waals surface area contributed by atoms with Crippen molar-refractivity contribution < 1.29 is 4.79 Å². The molecule has 0 fully saturated rings. The van der Waals surface area contributed by atoms with Crippen LogP contribution in [0.25, 0.3) is 0 Å². The lowest BCUT2D eigenvalue weighted by Crippen LogP contribution is -1.92. The molecule has 0 amide bonds. The van der Waals surface area contributed by atoms with Gasteiger partial charge in [-0.1, -0.05) is 64.7 Å². The molecule has 1 heteroatoms. The van der Waals surface area contributed by atoms with Gasteiger partial charge in [-0.15, -0.1) is 0 Å². The maximum absolute atomic E-state index is 11.3. The fourth-order valence-electron chi connectivity index (χ4n) is 1.75. The molecule has 0 aliphatic heterocycles. The summed E-state index contributed by atoms with van der Waals surface area (Å²) in [5.74, 6) is 5.89. The number of carbonyl (C=O) groups is 1. The van der Waals surface area contributed by atoms with Crippen LogP contribution in [0.15, 0.2) is 0 Å². The second-order valence-corrected chi connectivity index (χ2v) is 4.70. The summed E-state index contributed by atoms with van der Waals surface area (Å²) < 4.78 is 0. The largest absolute Gasteiger partial charge is 0.285 e. The molecular formula is C16H28O. The van der Waals surface area contributed by atoms with E-state index in [1.165, 1.54) is 38.5 Å². The topological polar surface area (TPSA) is 17.1 Å². The van der Waals surface area contributed by atoms with E-state index in [0.717, 1.165) is 25.7 Å². The van der Waals surface area contributed by atoms with Crippen LogP contribution in [0, 0.1) is 11.8 Å². The van der Waals surface area contributed by atoms with Gasteiger partial charge in [0.2, 0.25) is 5.78 Å². The van der Waals surface area contributed by atoms with E-state index in [4.69, 9.17) is 0 Å². The highest BCUT2D eigenvalue weighted by Crippen LogP contribution is 2.06. The van der Waals surface area contributed by atoms with Crippen LogP contribution >= 0.6 is 0 Å². The van der Waals surface area contributed by atoms with Crippen molar-refractivity contribution in [1.82, 2.24) is 0 Å². The van der Waals surface area contributed by atoms with Gasteiger partial charge in [-0.2, -0.15) is 0 Å². The lowest BCUT2D eigenvalue weighted by atomic mass is 10.1. The fourth-order valence-corrected chi connectivity index (χ4v) is 1.75. The van der Waals surface area contributed by atoms with Crippen molar-refractivity contribution in [3.05, 3.63) is 0 Å². The minimum absolute atomic E-state index is 0.129. The molecule has 0 aliphatic carbocycles. The number of hydrogen-bond acceptors (Lipinski definition) is 1. The van der Waals surface area contributed by atoms with Gasteiger partial charge in [-0.25, -0.2) is 0 Å². The number of carbonyl (C=O) groups excluding carboxylic acids is 1. The van der Waals surface area contributed by atoms with Gasteiger partial charge in [-0.3, -0.25) is 4.79 Å². The van der Waals surface area contributed by atoms with Crippen LogP contribution in [0.3, 0.4) is 0 Å². The van der Waals surface area contributed by atoms with E-state index in [9.17, 15) is 4.79 Å². The zero-order chi connectivity index (χ0) is 12.8. The van der Waals surface area contributed by atoms with Gasteiger partial charge in [0.15, 0.2) is 0 Å². The zero-order valence-electron chi connectivity index (χ0n) is 11.7. The highest BCUT2D eigenvalue weighted by molar-refractivity contribution is 5.95. The molecule has 0 aliphatic rings. The summed E-state index contributed by atoms with van der Waals surface area (Å²) in [4.78, 5) is 11.3. The smallest absolute Gasteiger partial charge is 0.205 e. The molecule has 98 valence electrons. The first-order valence-electron chi connectivity index (χ1n) is 7.33. The van der Waals surface area contributed by atoms with Gasteiger partial charge in [0.05, 0.1) is 0 Å². The van der Waals surface area contributed by atoms with Crippen molar-refractivity contribution in [3.63, 3.8) is 0 Å². The van der Waals surface area contributed by atoms with Gasteiger partial charge >= 0.3 is 0 Å². The second-order valence-electron chi connectivity index (χ2n) is 4.70. The molecule has 0 saturated heterocycles. The number of hydrogen-bond donors (Lipinski definition) is 0. The molecule has 0 aromatic carbocycles. The minimum Gasteiger partial charge on any atom is -0.285 e. The monoisotopic (exact) mass is 236 g/mol. The Kier molecular flexibility index (Phi) is 12.7. The molecule has 0 unspecified atom stereocenters. The molecule has 0 heterocycles. The molecule has 0 atom stereocenters. The van der Waals surface area contributed by atoms with Crippen molar-refractivity contribution in [2.45, 2.75) is 84.5 Å². The SMILES string of the molecule is CCCCCCCCC#CC(=O)CCCCC. The lowest BCUT2D eigenvalue weighted by Gasteiger charge is -1.96. The molecule has 1 nitrogen and oxygen atoms in total. The van der Waals surface area contributed by atoms with E-state index >= 15 is 0 Å². The predicted octanol–water partition coefficient (Wildman–Crippen LogP) is 4.89. The molecule has 17 heavy (non-hydrogen) atoms. The van der Waals surface area contributed by atoms with E-state index in [1.54, 1.807) is 0 Å². The number of Topliss-reactive ketones (excluding diaryl/α,β-unsaturated/α-hetero) is 1. The molecule has 0 rings (SSSR count).